The number of carbonyl (C=O) groups excluding carboxylic acids is 1. The van der Waals surface area contributed by atoms with Gasteiger partial charge in [0.2, 0.25) is 0 Å². The van der Waals surface area contributed by atoms with Gasteiger partial charge in [-0.25, -0.2) is 0 Å². The summed E-state index contributed by atoms with van der Waals surface area (Å²) in [5, 5.41) is 16.5. The maximum Gasteiger partial charge on any atom is 0.162 e. The molecule has 2 heterocycles. The largest absolute Gasteiger partial charge is 0.512 e. The van der Waals surface area contributed by atoms with E-state index in [-0.39, 0.29) is 48.9 Å². The molecule has 0 aliphatic rings. The van der Waals surface area contributed by atoms with Crippen LogP contribution in [0, 0.1) is 23.8 Å². The van der Waals surface area contributed by atoms with E-state index in [0.717, 1.165) is 48.7 Å². The molecule has 0 amide bonds. The predicted octanol–water partition coefficient (Wildman–Crippen LogP) is 13.0. The third kappa shape index (κ3) is 10.1. The van der Waals surface area contributed by atoms with E-state index in [0.29, 0.717) is 5.92 Å². The molecule has 0 aliphatic heterocycles. The SMILES string of the molecule is CC(C)Cc1cc([Si](C)(C)C)cc2c1sc1c(-c3[c-]c4ccccc4c(C(C)(C)C)c3)nccc12.CCC(CC)C(=O)/C=C(\O)C(CC)CC.[Ir]. The van der Waals surface area contributed by atoms with Crippen LogP contribution in [0.3, 0.4) is 0 Å². The first-order chi connectivity index (χ1) is 23.5. The minimum absolute atomic E-state index is 0. The van der Waals surface area contributed by atoms with Gasteiger partial charge in [0, 0.05) is 59.3 Å². The molecule has 0 bridgehead atoms. The summed E-state index contributed by atoms with van der Waals surface area (Å²) in [7, 11) is -1.45. The zero-order chi connectivity index (χ0) is 37.0. The van der Waals surface area contributed by atoms with Gasteiger partial charge >= 0.3 is 0 Å². The fourth-order valence-corrected chi connectivity index (χ4v) is 9.34. The Morgan fingerprint density at radius 2 is 1.51 bits per heavy atom. The summed E-state index contributed by atoms with van der Waals surface area (Å²) in [6.45, 7) is 27.0. The number of hydrogen-bond donors (Lipinski definition) is 1. The molecule has 5 aromatic rings. The molecule has 0 saturated carbocycles. The van der Waals surface area contributed by atoms with Crippen molar-refractivity contribution in [2.45, 2.75) is 119 Å². The molecule has 0 atom stereocenters. The quantitative estimate of drug-likeness (QED) is 0.0622. The van der Waals surface area contributed by atoms with Crippen LogP contribution in [-0.4, -0.2) is 23.9 Å². The summed E-state index contributed by atoms with van der Waals surface area (Å²) < 4.78 is 2.72. The normalized spacial score (nSPS) is 12.6. The molecule has 3 aromatic carbocycles. The molecule has 277 valence electrons. The number of aliphatic hydroxyl groups excluding tert-OH is 1. The summed E-state index contributed by atoms with van der Waals surface area (Å²) in [4.78, 5) is 16.7. The maximum absolute atomic E-state index is 11.7. The molecule has 3 nitrogen and oxygen atoms in total. The molecular formula is C45H60IrNO2SSi-. The number of fused-ring (bicyclic) bond motifs is 4. The minimum atomic E-state index is -1.45. The van der Waals surface area contributed by atoms with Crippen molar-refractivity contribution in [1.82, 2.24) is 4.98 Å². The molecule has 0 aliphatic carbocycles. The molecule has 51 heavy (non-hydrogen) atoms. The number of aromatic nitrogens is 1. The molecule has 0 unspecified atom stereocenters. The summed E-state index contributed by atoms with van der Waals surface area (Å²) in [5.74, 6) is 1.17. The fraction of sp³-hybridized carbons (Fsp3) is 0.467. The topological polar surface area (TPSA) is 50.2 Å². The van der Waals surface area contributed by atoms with Gasteiger partial charge in [-0.1, -0.05) is 128 Å². The Morgan fingerprint density at radius 3 is 2.08 bits per heavy atom. The van der Waals surface area contributed by atoms with Crippen molar-refractivity contribution < 1.29 is 30.0 Å². The first-order valence-corrected chi connectivity index (χ1v) is 23.1. The zero-order valence-electron chi connectivity index (χ0n) is 33.1. The molecule has 2 aromatic heterocycles. The Morgan fingerprint density at radius 1 is 0.882 bits per heavy atom. The number of rotatable bonds is 11. The van der Waals surface area contributed by atoms with Crippen molar-refractivity contribution in [3.05, 3.63) is 83.8 Å². The van der Waals surface area contributed by atoms with Crippen LogP contribution in [0.25, 0.3) is 42.2 Å². The molecule has 0 fully saturated rings. The summed E-state index contributed by atoms with van der Waals surface area (Å²) in [5.41, 5.74) is 5.05. The van der Waals surface area contributed by atoms with Crippen molar-refractivity contribution in [2.75, 3.05) is 0 Å². The fourth-order valence-electron chi connectivity index (χ4n) is 6.85. The summed E-state index contributed by atoms with van der Waals surface area (Å²) in [6, 6.07) is 21.9. The van der Waals surface area contributed by atoms with E-state index < -0.39 is 8.07 Å². The van der Waals surface area contributed by atoms with Crippen LogP contribution in [0.2, 0.25) is 19.6 Å². The van der Waals surface area contributed by atoms with Gasteiger partial charge in [-0.15, -0.1) is 40.5 Å². The number of hydrogen-bond acceptors (Lipinski definition) is 4. The van der Waals surface area contributed by atoms with Crippen LogP contribution in [0.5, 0.6) is 0 Å². The first kappa shape index (κ1) is 42.8. The number of ketones is 1. The number of allylic oxidation sites excluding steroid dienone is 2. The van der Waals surface area contributed by atoms with Crippen LogP contribution >= 0.6 is 11.3 Å². The Labute approximate surface area is 326 Å². The summed E-state index contributed by atoms with van der Waals surface area (Å²) in [6.07, 6.45) is 8.01. The van der Waals surface area contributed by atoms with E-state index in [4.69, 9.17) is 4.98 Å². The second-order valence-corrected chi connectivity index (χ2v) is 22.5. The third-order valence-electron chi connectivity index (χ3n) is 9.98. The Hall–Kier alpha value is -2.63. The van der Waals surface area contributed by atoms with E-state index in [1.54, 1.807) is 5.19 Å². The van der Waals surface area contributed by atoms with Crippen LogP contribution in [-0.2, 0) is 36.7 Å². The molecule has 1 radical (unpaired) electrons. The van der Waals surface area contributed by atoms with Crippen molar-refractivity contribution in [1.29, 1.82) is 0 Å². The number of nitrogens with zero attached hydrogens (tertiary/aromatic N) is 1. The van der Waals surface area contributed by atoms with Crippen LogP contribution < -0.4 is 5.19 Å². The van der Waals surface area contributed by atoms with Crippen molar-refractivity contribution >= 4 is 61.3 Å². The number of benzene rings is 3. The van der Waals surface area contributed by atoms with Crippen LogP contribution in [0.4, 0.5) is 0 Å². The van der Waals surface area contributed by atoms with Gasteiger partial charge in [-0.2, -0.15) is 0 Å². The van der Waals surface area contributed by atoms with Gasteiger partial charge < -0.3 is 5.11 Å². The summed E-state index contributed by atoms with van der Waals surface area (Å²) >= 11 is 1.92. The van der Waals surface area contributed by atoms with Crippen molar-refractivity contribution in [3.8, 4) is 11.3 Å². The maximum atomic E-state index is 11.7. The van der Waals surface area contributed by atoms with E-state index in [9.17, 15) is 9.90 Å². The van der Waals surface area contributed by atoms with Gasteiger partial charge in [0.25, 0.3) is 0 Å². The van der Waals surface area contributed by atoms with Crippen LogP contribution in [0.15, 0.2) is 66.6 Å². The van der Waals surface area contributed by atoms with E-state index in [1.165, 1.54) is 42.8 Å². The van der Waals surface area contributed by atoms with Crippen molar-refractivity contribution in [2.24, 2.45) is 17.8 Å². The number of pyridine rings is 1. The van der Waals surface area contributed by atoms with E-state index in [2.05, 4.69) is 109 Å². The van der Waals surface area contributed by atoms with Crippen molar-refractivity contribution in [3.63, 3.8) is 0 Å². The molecule has 0 saturated heterocycles. The Balaban J connectivity index is 0.000000374. The van der Waals surface area contributed by atoms with Gasteiger partial charge in [0.05, 0.1) is 13.8 Å². The molecule has 0 spiro atoms. The smallest absolute Gasteiger partial charge is 0.162 e. The minimum Gasteiger partial charge on any atom is -0.512 e. The van der Waals surface area contributed by atoms with E-state index >= 15 is 0 Å². The third-order valence-corrected chi connectivity index (χ3v) is 13.3. The second-order valence-electron chi connectivity index (χ2n) is 16.4. The second kappa shape index (κ2) is 17.9. The van der Waals surface area contributed by atoms with Gasteiger partial charge in [0.15, 0.2) is 5.78 Å². The molecule has 6 heteroatoms. The number of thiophene rings is 1. The molecule has 5 rings (SSSR count). The average molecular weight is 899 g/mol. The van der Waals surface area contributed by atoms with E-state index in [1.807, 2.05) is 45.2 Å². The monoisotopic (exact) mass is 899 g/mol. The predicted molar refractivity (Wildman–Crippen MR) is 223 cm³/mol. The number of carbonyl (C=O) groups is 1. The first-order valence-electron chi connectivity index (χ1n) is 18.8. The zero-order valence-corrected chi connectivity index (χ0v) is 37.3. The van der Waals surface area contributed by atoms with Gasteiger partial charge in [-0.05, 0) is 65.8 Å². The van der Waals surface area contributed by atoms with Crippen LogP contribution in [0.1, 0.15) is 99.1 Å². The number of aliphatic hydroxyl groups is 1. The standard InChI is InChI=1S/C32H36NSSi.C13H24O2.Ir/c1-20(2)15-23-17-24(35(6,7)8)19-27-26-13-14-33-29(31(26)34-30(23)27)22-16-21-11-9-10-12-25(21)28(18-22)32(3,4)5;1-5-10(6-2)12(14)9-13(15)11(7-3)8-4;/h9-14,17-20H,15H2,1-8H3;9-11,14H,5-8H2,1-4H3;/q-1;;/b;12-9-;. The Bertz CT molecular complexity index is 1970. The molecular weight excluding hydrogens is 839 g/mol. The average Bonchev–Trinajstić information content (AvgIpc) is 3.44. The Kier molecular flexibility index (Phi) is 15.0. The van der Waals surface area contributed by atoms with Gasteiger partial charge in [-0.3, -0.25) is 9.78 Å². The van der Waals surface area contributed by atoms with Gasteiger partial charge in [0.1, 0.15) is 0 Å². The molecule has 1 N–H and O–H groups in total.